The van der Waals surface area contributed by atoms with Crippen molar-refractivity contribution >= 4 is 28.6 Å². The Labute approximate surface area is 171 Å². The van der Waals surface area contributed by atoms with Crippen LogP contribution in [0.15, 0.2) is 65.8 Å². The minimum Gasteiger partial charge on any atom is -0.483 e. The number of nitrogens with zero attached hydrogens (tertiary/aromatic N) is 2. The first-order valence-electron chi connectivity index (χ1n) is 9.99. The molecular weight excluding hydrogens is 362 g/mol. The summed E-state index contributed by atoms with van der Waals surface area (Å²) in [6, 6.07) is 20.1. The number of carbonyl (C=O) groups excluding carboxylic acids is 1. The van der Waals surface area contributed by atoms with Crippen molar-refractivity contribution in [2.75, 3.05) is 24.6 Å². The summed E-state index contributed by atoms with van der Waals surface area (Å²) < 4.78 is 5.69. The predicted octanol–water partition coefficient (Wildman–Crippen LogP) is 4.28. The molecule has 1 saturated heterocycles. The molecule has 1 amide bonds. The van der Waals surface area contributed by atoms with E-state index in [4.69, 9.17) is 4.74 Å². The van der Waals surface area contributed by atoms with E-state index in [1.807, 2.05) is 48.5 Å². The van der Waals surface area contributed by atoms with Crippen molar-refractivity contribution in [2.24, 2.45) is 5.10 Å². The minimum atomic E-state index is -0.291. The van der Waals surface area contributed by atoms with Gasteiger partial charge in [-0.05, 0) is 54.5 Å². The number of rotatable bonds is 6. The van der Waals surface area contributed by atoms with E-state index in [0.29, 0.717) is 5.75 Å². The van der Waals surface area contributed by atoms with E-state index < -0.39 is 0 Å². The molecule has 0 unspecified atom stereocenters. The lowest BCUT2D eigenvalue weighted by molar-refractivity contribution is -0.123. The van der Waals surface area contributed by atoms with Crippen molar-refractivity contribution in [2.45, 2.75) is 19.8 Å². The average molecular weight is 387 g/mol. The maximum atomic E-state index is 12.1. The third-order valence-electron chi connectivity index (χ3n) is 5.23. The zero-order valence-corrected chi connectivity index (χ0v) is 16.6. The van der Waals surface area contributed by atoms with E-state index in [9.17, 15) is 4.79 Å². The van der Waals surface area contributed by atoms with Gasteiger partial charge in [-0.25, -0.2) is 5.43 Å². The van der Waals surface area contributed by atoms with E-state index in [2.05, 4.69) is 34.5 Å². The number of hydrogen-bond donors (Lipinski definition) is 1. The van der Waals surface area contributed by atoms with Gasteiger partial charge in [-0.3, -0.25) is 4.79 Å². The van der Waals surface area contributed by atoms with Crippen molar-refractivity contribution < 1.29 is 9.53 Å². The fraction of sp³-hybridized carbons (Fsp3) is 0.250. The largest absolute Gasteiger partial charge is 0.483 e. The molecule has 0 aromatic heterocycles. The van der Waals surface area contributed by atoms with Gasteiger partial charge in [0, 0.05) is 24.2 Å². The molecule has 0 saturated carbocycles. The topological polar surface area (TPSA) is 53.9 Å². The summed E-state index contributed by atoms with van der Waals surface area (Å²) in [5.74, 6) is 0.399. The van der Waals surface area contributed by atoms with Crippen LogP contribution in [0.1, 0.15) is 24.0 Å². The predicted molar refractivity (Wildman–Crippen MR) is 118 cm³/mol. The minimum absolute atomic E-state index is 0.0851. The van der Waals surface area contributed by atoms with E-state index in [1.165, 1.54) is 18.5 Å². The first kappa shape index (κ1) is 19.0. The summed E-state index contributed by atoms with van der Waals surface area (Å²) in [5.41, 5.74) is 5.92. The van der Waals surface area contributed by atoms with Gasteiger partial charge in [0.1, 0.15) is 5.75 Å². The van der Waals surface area contributed by atoms with Crippen LogP contribution in [0.4, 0.5) is 5.69 Å². The molecule has 1 aliphatic heterocycles. The first-order chi connectivity index (χ1) is 14.2. The molecule has 1 N–H and O–H groups in total. The number of fused-ring (bicyclic) bond motifs is 1. The van der Waals surface area contributed by atoms with Gasteiger partial charge in [0.25, 0.3) is 5.91 Å². The molecule has 29 heavy (non-hydrogen) atoms. The number of ether oxygens (including phenoxy) is 1. The summed E-state index contributed by atoms with van der Waals surface area (Å²) in [5, 5.41) is 6.15. The highest BCUT2D eigenvalue weighted by molar-refractivity contribution is 5.89. The second kappa shape index (κ2) is 8.78. The monoisotopic (exact) mass is 387 g/mol. The fourth-order valence-corrected chi connectivity index (χ4v) is 3.65. The molecule has 5 nitrogen and oxygen atoms in total. The number of aryl methyl sites for hydroxylation is 1. The second-order valence-corrected chi connectivity index (χ2v) is 7.29. The summed E-state index contributed by atoms with van der Waals surface area (Å²) in [6.45, 7) is 4.23. The quantitative estimate of drug-likeness (QED) is 0.507. The van der Waals surface area contributed by atoms with Gasteiger partial charge in [0.05, 0.1) is 6.21 Å². The van der Waals surface area contributed by atoms with E-state index >= 15 is 0 Å². The Morgan fingerprint density at radius 3 is 2.72 bits per heavy atom. The number of carbonyl (C=O) groups is 1. The van der Waals surface area contributed by atoms with Crippen molar-refractivity contribution in [3.05, 3.63) is 71.8 Å². The summed E-state index contributed by atoms with van der Waals surface area (Å²) in [7, 11) is 0. The Balaban J connectivity index is 1.33. The number of hydrogen-bond acceptors (Lipinski definition) is 4. The molecule has 4 rings (SSSR count). The van der Waals surface area contributed by atoms with Crippen LogP contribution >= 0.6 is 0 Å². The number of benzene rings is 3. The highest BCUT2D eigenvalue weighted by Gasteiger charge is 2.12. The average Bonchev–Trinajstić information content (AvgIpc) is 3.28. The number of nitrogens with one attached hydrogen (secondary N) is 1. The van der Waals surface area contributed by atoms with Gasteiger partial charge in [0.15, 0.2) is 6.61 Å². The van der Waals surface area contributed by atoms with Crippen LogP contribution < -0.4 is 15.1 Å². The lowest BCUT2D eigenvalue weighted by Gasteiger charge is -2.18. The second-order valence-electron chi connectivity index (χ2n) is 7.29. The third-order valence-corrected chi connectivity index (χ3v) is 5.23. The summed E-state index contributed by atoms with van der Waals surface area (Å²) in [4.78, 5) is 14.5. The Morgan fingerprint density at radius 2 is 1.90 bits per heavy atom. The number of hydrazone groups is 1. The van der Waals surface area contributed by atoms with Crippen molar-refractivity contribution in [1.82, 2.24) is 5.43 Å². The van der Waals surface area contributed by atoms with Gasteiger partial charge in [-0.1, -0.05) is 42.5 Å². The molecule has 0 spiro atoms. The molecule has 1 aliphatic rings. The molecule has 0 bridgehead atoms. The Hall–Kier alpha value is -3.34. The van der Waals surface area contributed by atoms with Crippen LogP contribution in [0.2, 0.25) is 0 Å². The molecule has 3 aromatic rings. The fourth-order valence-electron chi connectivity index (χ4n) is 3.65. The van der Waals surface area contributed by atoms with Crippen LogP contribution in [0.3, 0.4) is 0 Å². The van der Waals surface area contributed by atoms with Gasteiger partial charge >= 0.3 is 0 Å². The van der Waals surface area contributed by atoms with Crippen LogP contribution in [0, 0.1) is 6.92 Å². The SMILES string of the molecule is Cc1cc(N2CCCC2)ccc1/C=N/NC(=O)COc1cccc2ccccc12. The van der Waals surface area contributed by atoms with Gasteiger partial charge in [0.2, 0.25) is 0 Å². The van der Waals surface area contributed by atoms with E-state index in [-0.39, 0.29) is 12.5 Å². The van der Waals surface area contributed by atoms with Crippen molar-refractivity contribution in [1.29, 1.82) is 0 Å². The lowest BCUT2D eigenvalue weighted by atomic mass is 10.1. The highest BCUT2D eigenvalue weighted by atomic mass is 16.5. The molecule has 5 heteroatoms. The maximum absolute atomic E-state index is 12.1. The van der Waals surface area contributed by atoms with Crippen LogP contribution in [-0.2, 0) is 4.79 Å². The molecule has 1 fully saturated rings. The molecule has 3 aromatic carbocycles. The standard InChI is InChI=1S/C24H25N3O2/c1-18-15-21(27-13-4-5-14-27)12-11-20(18)16-25-26-24(28)17-29-23-10-6-8-19-7-2-3-9-22(19)23/h2-3,6-12,15-16H,4-5,13-14,17H2,1H3,(H,26,28)/b25-16+. The van der Waals surface area contributed by atoms with Crippen LogP contribution in [0.5, 0.6) is 5.75 Å². The van der Waals surface area contributed by atoms with Gasteiger partial charge < -0.3 is 9.64 Å². The van der Waals surface area contributed by atoms with Crippen LogP contribution in [-0.4, -0.2) is 31.8 Å². The first-order valence-corrected chi connectivity index (χ1v) is 9.99. The highest BCUT2D eigenvalue weighted by Crippen LogP contribution is 2.25. The Bertz CT molecular complexity index is 1030. The van der Waals surface area contributed by atoms with E-state index in [0.717, 1.165) is 35.0 Å². The zero-order valence-electron chi connectivity index (χ0n) is 16.6. The smallest absolute Gasteiger partial charge is 0.277 e. The molecule has 1 heterocycles. The molecular formula is C24H25N3O2. The van der Waals surface area contributed by atoms with Gasteiger partial charge in [-0.15, -0.1) is 0 Å². The zero-order chi connectivity index (χ0) is 20.1. The molecule has 0 atom stereocenters. The Morgan fingerprint density at radius 1 is 1.10 bits per heavy atom. The molecule has 0 aliphatic carbocycles. The van der Waals surface area contributed by atoms with Crippen molar-refractivity contribution in [3.63, 3.8) is 0 Å². The summed E-state index contributed by atoms with van der Waals surface area (Å²) in [6.07, 6.45) is 4.20. The van der Waals surface area contributed by atoms with E-state index in [1.54, 1.807) is 6.21 Å². The maximum Gasteiger partial charge on any atom is 0.277 e. The summed E-state index contributed by atoms with van der Waals surface area (Å²) >= 11 is 0. The third kappa shape index (κ3) is 4.57. The molecule has 0 radical (unpaired) electrons. The lowest BCUT2D eigenvalue weighted by Crippen LogP contribution is -2.24. The Kier molecular flexibility index (Phi) is 5.75. The normalized spacial score (nSPS) is 13.9. The number of anilines is 1. The number of amides is 1. The van der Waals surface area contributed by atoms with Gasteiger partial charge in [-0.2, -0.15) is 5.10 Å². The molecule has 148 valence electrons. The van der Waals surface area contributed by atoms with Crippen LogP contribution in [0.25, 0.3) is 10.8 Å². The van der Waals surface area contributed by atoms with Crippen molar-refractivity contribution in [3.8, 4) is 5.75 Å².